The number of hydrogen-bond acceptors (Lipinski definition) is 5. The maximum Gasteiger partial charge on any atom is 0.223 e. The highest BCUT2D eigenvalue weighted by Crippen LogP contribution is 2.24. The van der Waals surface area contributed by atoms with Crippen LogP contribution in [-0.2, 0) is 0 Å². The van der Waals surface area contributed by atoms with E-state index < -0.39 is 5.82 Å². The van der Waals surface area contributed by atoms with Crippen LogP contribution in [0, 0.1) is 5.82 Å². The van der Waals surface area contributed by atoms with Crippen molar-refractivity contribution in [3.63, 3.8) is 0 Å². The van der Waals surface area contributed by atoms with Crippen LogP contribution in [-0.4, -0.2) is 50.4 Å². The number of anilines is 1. The molecule has 1 aliphatic rings. The number of pyridine rings is 1. The summed E-state index contributed by atoms with van der Waals surface area (Å²) in [4.78, 5) is 15.1. The zero-order valence-corrected chi connectivity index (χ0v) is 15.4. The van der Waals surface area contributed by atoms with E-state index in [1.807, 2.05) is 22.7 Å². The third kappa shape index (κ3) is 3.36. The Kier molecular flexibility index (Phi) is 4.39. The van der Waals surface area contributed by atoms with Crippen LogP contribution in [0.2, 0.25) is 0 Å². The molecule has 1 aliphatic heterocycles. The summed E-state index contributed by atoms with van der Waals surface area (Å²) in [6, 6.07) is 4.07. The molecule has 0 atom stereocenters. The molecule has 130 valence electrons. The van der Waals surface area contributed by atoms with Gasteiger partial charge in [0, 0.05) is 16.7 Å². The topological polar surface area (TPSA) is 58.3 Å². The van der Waals surface area contributed by atoms with Gasteiger partial charge in [-0.3, -0.25) is 4.40 Å². The molecule has 0 spiro atoms. The molecule has 1 N–H and O–H groups in total. The van der Waals surface area contributed by atoms with E-state index in [-0.39, 0.29) is 5.69 Å². The van der Waals surface area contributed by atoms with E-state index in [0.29, 0.717) is 17.7 Å². The third-order valence-corrected chi connectivity index (χ3v) is 4.98. The van der Waals surface area contributed by atoms with Crippen molar-refractivity contribution < 1.29 is 4.39 Å². The van der Waals surface area contributed by atoms with Crippen molar-refractivity contribution in [1.29, 1.82) is 0 Å². The molecule has 4 heterocycles. The molecule has 1 saturated heterocycles. The second-order valence-electron chi connectivity index (χ2n) is 6.33. The quantitative estimate of drug-likeness (QED) is 0.726. The lowest BCUT2D eigenvalue weighted by Gasteiger charge is -2.29. The van der Waals surface area contributed by atoms with E-state index in [0.717, 1.165) is 36.1 Å². The van der Waals surface area contributed by atoms with Gasteiger partial charge in [0.2, 0.25) is 5.95 Å². The van der Waals surface area contributed by atoms with E-state index in [1.54, 1.807) is 6.20 Å². The first-order chi connectivity index (χ1) is 12.1. The Morgan fingerprint density at radius 2 is 2.00 bits per heavy atom. The van der Waals surface area contributed by atoms with Crippen LogP contribution < -0.4 is 5.32 Å². The molecule has 25 heavy (non-hydrogen) atoms. The smallest absolute Gasteiger partial charge is 0.223 e. The van der Waals surface area contributed by atoms with Crippen LogP contribution in [0.4, 0.5) is 10.3 Å². The summed E-state index contributed by atoms with van der Waals surface area (Å²) in [6.45, 7) is 2.07. The number of fused-ring (bicyclic) bond motifs is 1. The summed E-state index contributed by atoms with van der Waals surface area (Å²) < 4.78 is 17.1. The molecule has 0 aromatic carbocycles. The highest BCUT2D eigenvalue weighted by atomic mass is 79.9. The lowest BCUT2D eigenvalue weighted by atomic mass is 10.1. The van der Waals surface area contributed by atoms with Gasteiger partial charge in [-0.25, -0.2) is 19.3 Å². The molecule has 0 amide bonds. The first-order valence-electron chi connectivity index (χ1n) is 8.21. The van der Waals surface area contributed by atoms with Crippen molar-refractivity contribution in [2.45, 2.75) is 18.9 Å². The molecule has 0 radical (unpaired) electrons. The average Bonchev–Trinajstić information content (AvgIpc) is 3.01. The molecule has 1 fully saturated rings. The van der Waals surface area contributed by atoms with E-state index >= 15 is 0 Å². The minimum absolute atomic E-state index is 0.246. The minimum atomic E-state index is -0.462. The first kappa shape index (κ1) is 16.4. The summed E-state index contributed by atoms with van der Waals surface area (Å²) in [7, 11) is 2.12. The van der Waals surface area contributed by atoms with Crippen LogP contribution in [0.1, 0.15) is 12.8 Å². The molecular weight excluding hydrogens is 387 g/mol. The Morgan fingerprint density at radius 1 is 1.20 bits per heavy atom. The van der Waals surface area contributed by atoms with Crippen molar-refractivity contribution in [3.8, 4) is 11.4 Å². The number of piperidine rings is 1. The number of nitrogens with one attached hydrogen (secondary N) is 1. The molecule has 3 aromatic rings. The van der Waals surface area contributed by atoms with Gasteiger partial charge in [-0.05, 0) is 61.0 Å². The van der Waals surface area contributed by atoms with Crippen LogP contribution >= 0.6 is 15.9 Å². The van der Waals surface area contributed by atoms with Crippen molar-refractivity contribution >= 4 is 27.5 Å². The monoisotopic (exact) mass is 404 g/mol. The van der Waals surface area contributed by atoms with E-state index in [4.69, 9.17) is 0 Å². The van der Waals surface area contributed by atoms with Gasteiger partial charge in [-0.1, -0.05) is 0 Å². The Labute approximate surface area is 153 Å². The predicted molar refractivity (Wildman–Crippen MR) is 98.0 cm³/mol. The summed E-state index contributed by atoms with van der Waals surface area (Å²) in [5.74, 6) is -0.00778. The zero-order valence-electron chi connectivity index (χ0n) is 13.8. The number of aromatic nitrogens is 4. The number of rotatable bonds is 3. The second-order valence-corrected chi connectivity index (χ2v) is 7.25. The van der Waals surface area contributed by atoms with Gasteiger partial charge in [-0.2, -0.15) is 0 Å². The largest absolute Gasteiger partial charge is 0.351 e. The fourth-order valence-electron chi connectivity index (χ4n) is 3.08. The summed E-state index contributed by atoms with van der Waals surface area (Å²) >= 11 is 3.44. The van der Waals surface area contributed by atoms with E-state index in [1.165, 1.54) is 6.20 Å². The van der Waals surface area contributed by atoms with Crippen LogP contribution in [0.25, 0.3) is 17.0 Å². The zero-order chi connectivity index (χ0) is 17.4. The molecule has 3 aromatic heterocycles. The van der Waals surface area contributed by atoms with Crippen molar-refractivity contribution in [1.82, 2.24) is 24.3 Å². The first-order valence-corrected chi connectivity index (χ1v) is 9.00. The summed E-state index contributed by atoms with van der Waals surface area (Å²) in [5.41, 5.74) is 1.58. The highest BCUT2D eigenvalue weighted by molar-refractivity contribution is 9.10. The van der Waals surface area contributed by atoms with Crippen molar-refractivity contribution in [2.75, 3.05) is 25.5 Å². The number of hydrogen-bond donors (Lipinski definition) is 1. The normalized spacial score (nSPS) is 16.4. The number of imidazole rings is 1. The Hall–Kier alpha value is -2.06. The predicted octanol–water partition coefficient (Wildman–Crippen LogP) is 3.20. The third-order valence-electron chi connectivity index (χ3n) is 4.51. The van der Waals surface area contributed by atoms with Crippen molar-refractivity contribution in [3.05, 3.63) is 41.0 Å². The number of likely N-dealkylation sites (tertiary alicyclic amines) is 1. The fourth-order valence-corrected chi connectivity index (χ4v) is 3.42. The molecular formula is C17H18BrFN6. The number of nitrogens with zero attached hydrogens (tertiary/aromatic N) is 5. The molecule has 4 rings (SSSR count). The molecule has 0 bridgehead atoms. The van der Waals surface area contributed by atoms with Gasteiger partial charge in [0.15, 0.2) is 5.82 Å². The van der Waals surface area contributed by atoms with Gasteiger partial charge in [-0.15, -0.1) is 0 Å². The second kappa shape index (κ2) is 6.68. The SMILES string of the molecule is CN1CCC(Nc2ncc(F)c(-c3cnc4ccc(Br)cn34)n2)CC1. The number of halogens is 2. The molecule has 0 aliphatic carbocycles. The average molecular weight is 405 g/mol. The van der Waals surface area contributed by atoms with Gasteiger partial charge in [0.25, 0.3) is 0 Å². The molecule has 0 saturated carbocycles. The lowest BCUT2D eigenvalue weighted by Crippen LogP contribution is -2.37. The fraction of sp³-hybridized carbons (Fsp3) is 0.353. The Balaban J connectivity index is 1.66. The maximum absolute atomic E-state index is 14.4. The van der Waals surface area contributed by atoms with E-state index in [9.17, 15) is 4.39 Å². The standard InChI is InChI=1S/C17H18BrFN6/c1-24-6-4-12(5-7-24)22-17-21-8-13(19)16(23-17)14-9-20-15-3-2-11(18)10-25(14)15/h2-3,8-10,12H,4-7H2,1H3,(H,21,22,23). The highest BCUT2D eigenvalue weighted by Gasteiger charge is 2.19. The van der Waals surface area contributed by atoms with Crippen LogP contribution in [0.5, 0.6) is 0 Å². The molecule has 6 nitrogen and oxygen atoms in total. The minimum Gasteiger partial charge on any atom is -0.351 e. The maximum atomic E-state index is 14.4. The summed E-state index contributed by atoms with van der Waals surface area (Å²) in [6.07, 6.45) is 6.75. The van der Waals surface area contributed by atoms with Crippen LogP contribution in [0.3, 0.4) is 0 Å². The van der Waals surface area contributed by atoms with E-state index in [2.05, 4.69) is 48.1 Å². The van der Waals surface area contributed by atoms with Crippen molar-refractivity contribution in [2.24, 2.45) is 0 Å². The van der Waals surface area contributed by atoms with Gasteiger partial charge >= 0.3 is 0 Å². The lowest BCUT2D eigenvalue weighted by molar-refractivity contribution is 0.263. The molecule has 8 heteroatoms. The molecule has 0 unspecified atom stereocenters. The van der Waals surface area contributed by atoms with Gasteiger partial charge in [0.1, 0.15) is 11.3 Å². The van der Waals surface area contributed by atoms with Crippen LogP contribution in [0.15, 0.2) is 35.2 Å². The summed E-state index contributed by atoms with van der Waals surface area (Å²) in [5, 5.41) is 3.34. The van der Waals surface area contributed by atoms with Gasteiger partial charge in [0.05, 0.1) is 18.1 Å². The van der Waals surface area contributed by atoms with Gasteiger partial charge < -0.3 is 10.2 Å². The Bertz CT molecular complexity index is 903. The Morgan fingerprint density at radius 3 is 2.80 bits per heavy atom.